The standard InChI is InChI=1S/C23H21NO6/c1-28-12-11-24-19(14-7-4-3-5-8-14)18(21(26)23(24)27)20(25)17-13-15-9-6-10-16(29-2)22(15)30-17/h3-10,13,19,26H,11-12H2,1-2H3. The Hall–Kier alpha value is -3.58. The molecule has 7 heteroatoms. The van der Waals surface area contributed by atoms with Crippen LogP contribution in [0.4, 0.5) is 0 Å². The monoisotopic (exact) mass is 407 g/mol. The van der Waals surface area contributed by atoms with E-state index in [1.54, 1.807) is 24.3 Å². The summed E-state index contributed by atoms with van der Waals surface area (Å²) in [4.78, 5) is 27.6. The second-order valence-electron chi connectivity index (χ2n) is 6.89. The number of para-hydroxylation sites is 1. The van der Waals surface area contributed by atoms with Crippen molar-refractivity contribution in [2.24, 2.45) is 0 Å². The highest BCUT2D eigenvalue weighted by Gasteiger charge is 2.44. The van der Waals surface area contributed by atoms with Crippen LogP contribution in [0, 0.1) is 0 Å². The van der Waals surface area contributed by atoms with Crippen LogP contribution in [0.15, 0.2) is 70.3 Å². The number of carbonyl (C=O) groups is 2. The number of methoxy groups -OCH3 is 2. The molecule has 0 radical (unpaired) electrons. The van der Waals surface area contributed by atoms with Gasteiger partial charge in [-0.2, -0.15) is 0 Å². The fraction of sp³-hybridized carbons (Fsp3) is 0.217. The van der Waals surface area contributed by atoms with E-state index in [1.165, 1.54) is 19.1 Å². The first-order valence-electron chi connectivity index (χ1n) is 9.46. The summed E-state index contributed by atoms with van der Waals surface area (Å²) in [5.74, 6) is -1.21. The molecule has 0 spiro atoms. The highest BCUT2D eigenvalue weighted by molar-refractivity contribution is 6.16. The van der Waals surface area contributed by atoms with Crippen LogP contribution in [-0.2, 0) is 9.53 Å². The van der Waals surface area contributed by atoms with Crippen molar-refractivity contribution in [1.82, 2.24) is 4.90 Å². The normalized spacial score (nSPS) is 16.5. The molecule has 0 saturated carbocycles. The largest absolute Gasteiger partial charge is 0.503 e. The van der Waals surface area contributed by atoms with Crippen molar-refractivity contribution >= 4 is 22.7 Å². The van der Waals surface area contributed by atoms with Crippen LogP contribution in [0.25, 0.3) is 11.0 Å². The number of rotatable bonds is 7. The summed E-state index contributed by atoms with van der Waals surface area (Å²) in [5.41, 5.74) is 1.13. The molecular weight excluding hydrogens is 386 g/mol. The Morgan fingerprint density at radius 1 is 1.13 bits per heavy atom. The van der Waals surface area contributed by atoms with Crippen LogP contribution in [0.5, 0.6) is 5.75 Å². The van der Waals surface area contributed by atoms with Crippen molar-refractivity contribution in [1.29, 1.82) is 0 Å². The van der Waals surface area contributed by atoms with Gasteiger partial charge in [0.05, 0.1) is 25.3 Å². The molecule has 1 N–H and O–H groups in total. The van der Waals surface area contributed by atoms with Gasteiger partial charge in [0, 0.05) is 19.0 Å². The van der Waals surface area contributed by atoms with E-state index < -0.39 is 23.5 Å². The van der Waals surface area contributed by atoms with Gasteiger partial charge in [-0.3, -0.25) is 9.59 Å². The molecule has 1 aliphatic heterocycles. The molecule has 0 aliphatic carbocycles. The van der Waals surface area contributed by atoms with Crippen LogP contribution in [0.1, 0.15) is 22.2 Å². The van der Waals surface area contributed by atoms with Gasteiger partial charge in [-0.15, -0.1) is 0 Å². The zero-order valence-electron chi connectivity index (χ0n) is 16.6. The number of furan rings is 1. The lowest BCUT2D eigenvalue weighted by Crippen LogP contribution is -2.33. The second kappa shape index (κ2) is 8.04. The summed E-state index contributed by atoms with van der Waals surface area (Å²) >= 11 is 0. The summed E-state index contributed by atoms with van der Waals surface area (Å²) in [7, 11) is 3.04. The van der Waals surface area contributed by atoms with Gasteiger partial charge in [0.2, 0.25) is 5.78 Å². The molecule has 1 atom stereocenters. The number of benzene rings is 2. The first-order valence-corrected chi connectivity index (χ1v) is 9.46. The van der Waals surface area contributed by atoms with E-state index in [1.807, 2.05) is 30.3 Å². The molecule has 7 nitrogen and oxygen atoms in total. The highest BCUT2D eigenvalue weighted by atomic mass is 16.5. The van der Waals surface area contributed by atoms with Crippen LogP contribution in [-0.4, -0.2) is 49.1 Å². The van der Waals surface area contributed by atoms with Crippen molar-refractivity contribution in [3.05, 3.63) is 77.3 Å². The fourth-order valence-electron chi connectivity index (χ4n) is 3.73. The van der Waals surface area contributed by atoms with Gasteiger partial charge in [0.15, 0.2) is 22.9 Å². The number of ether oxygens (including phenoxy) is 2. The molecule has 1 unspecified atom stereocenters. The maximum Gasteiger partial charge on any atom is 0.290 e. The molecule has 0 fully saturated rings. The molecule has 1 aliphatic rings. The molecule has 1 aromatic heterocycles. The summed E-state index contributed by atoms with van der Waals surface area (Å²) < 4.78 is 16.2. The Morgan fingerprint density at radius 3 is 2.60 bits per heavy atom. The Labute approximate surface area is 173 Å². The van der Waals surface area contributed by atoms with E-state index in [0.29, 0.717) is 22.3 Å². The second-order valence-corrected chi connectivity index (χ2v) is 6.89. The lowest BCUT2D eigenvalue weighted by Gasteiger charge is -2.26. The average Bonchev–Trinajstić information content (AvgIpc) is 3.32. The zero-order valence-corrected chi connectivity index (χ0v) is 16.6. The molecule has 2 aromatic carbocycles. The number of aliphatic hydroxyl groups excluding tert-OH is 1. The van der Waals surface area contributed by atoms with Crippen molar-refractivity contribution in [3.8, 4) is 5.75 Å². The van der Waals surface area contributed by atoms with Gasteiger partial charge in [-0.1, -0.05) is 42.5 Å². The quantitative estimate of drug-likeness (QED) is 0.601. The predicted octanol–water partition coefficient (Wildman–Crippen LogP) is 3.67. The molecule has 0 saturated heterocycles. The van der Waals surface area contributed by atoms with E-state index in [-0.39, 0.29) is 24.5 Å². The van der Waals surface area contributed by atoms with Gasteiger partial charge in [0.1, 0.15) is 0 Å². The third-order valence-electron chi connectivity index (χ3n) is 5.15. The maximum atomic E-state index is 13.4. The number of fused-ring (bicyclic) bond motifs is 1. The number of ketones is 1. The van der Waals surface area contributed by atoms with E-state index in [2.05, 4.69) is 0 Å². The summed E-state index contributed by atoms with van der Waals surface area (Å²) in [6.45, 7) is 0.495. The van der Waals surface area contributed by atoms with Crippen molar-refractivity contribution in [2.45, 2.75) is 6.04 Å². The van der Waals surface area contributed by atoms with Crippen molar-refractivity contribution < 1.29 is 28.6 Å². The van der Waals surface area contributed by atoms with Gasteiger partial charge in [-0.05, 0) is 17.7 Å². The SMILES string of the molecule is COCCN1C(=O)C(O)=C(C(=O)c2cc3cccc(OC)c3o2)C1c1ccccc1. The fourth-order valence-corrected chi connectivity index (χ4v) is 3.73. The summed E-state index contributed by atoms with van der Waals surface area (Å²) in [6.07, 6.45) is 0. The van der Waals surface area contributed by atoms with Crippen LogP contribution < -0.4 is 4.74 Å². The van der Waals surface area contributed by atoms with Gasteiger partial charge >= 0.3 is 0 Å². The van der Waals surface area contributed by atoms with E-state index in [4.69, 9.17) is 13.9 Å². The molecule has 2 heterocycles. The molecule has 1 amide bonds. The molecule has 3 aromatic rings. The minimum absolute atomic E-state index is 0.0136. The van der Waals surface area contributed by atoms with E-state index in [0.717, 1.165) is 0 Å². The Kier molecular flexibility index (Phi) is 5.29. The number of carbonyl (C=O) groups excluding carboxylic acids is 2. The number of aliphatic hydroxyl groups is 1. The van der Waals surface area contributed by atoms with Crippen LogP contribution in [0.2, 0.25) is 0 Å². The first kappa shape index (κ1) is 19.7. The number of hydrogen-bond acceptors (Lipinski definition) is 6. The number of Topliss-reactive ketones (excluding diaryl/α,β-unsaturated/α-hetero) is 1. The molecule has 154 valence electrons. The topological polar surface area (TPSA) is 89.2 Å². The minimum Gasteiger partial charge on any atom is -0.503 e. The van der Waals surface area contributed by atoms with E-state index in [9.17, 15) is 14.7 Å². The van der Waals surface area contributed by atoms with Crippen molar-refractivity contribution in [3.63, 3.8) is 0 Å². The summed E-state index contributed by atoms with van der Waals surface area (Å²) in [6, 6.07) is 15.3. The third kappa shape index (κ3) is 3.23. The van der Waals surface area contributed by atoms with Gasteiger partial charge in [0.25, 0.3) is 5.91 Å². The lowest BCUT2D eigenvalue weighted by atomic mass is 9.95. The number of amides is 1. The Bertz CT molecular complexity index is 1130. The molecular formula is C23H21NO6. The Balaban J connectivity index is 1.80. The van der Waals surface area contributed by atoms with Crippen LogP contribution in [0.3, 0.4) is 0 Å². The number of hydrogen-bond donors (Lipinski definition) is 1. The molecule has 30 heavy (non-hydrogen) atoms. The highest BCUT2D eigenvalue weighted by Crippen LogP contribution is 2.40. The van der Waals surface area contributed by atoms with Crippen LogP contribution >= 0.6 is 0 Å². The maximum absolute atomic E-state index is 13.4. The predicted molar refractivity (Wildman–Crippen MR) is 110 cm³/mol. The number of nitrogens with zero attached hydrogens (tertiary/aromatic N) is 1. The minimum atomic E-state index is -0.739. The summed E-state index contributed by atoms with van der Waals surface area (Å²) in [5, 5.41) is 11.3. The first-order chi connectivity index (χ1) is 14.6. The van der Waals surface area contributed by atoms with E-state index >= 15 is 0 Å². The molecule has 4 rings (SSSR count). The Morgan fingerprint density at radius 2 is 1.90 bits per heavy atom. The smallest absolute Gasteiger partial charge is 0.290 e. The van der Waals surface area contributed by atoms with Crippen molar-refractivity contribution in [2.75, 3.05) is 27.4 Å². The zero-order chi connectivity index (χ0) is 21.3. The third-order valence-corrected chi connectivity index (χ3v) is 5.15. The van der Waals surface area contributed by atoms with Gasteiger partial charge in [-0.25, -0.2) is 0 Å². The van der Waals surface area contributed by atoms with Gasteiger partial charge < -0.3 is 23.9 Å². The average molecular weight is 407 g/mol. The lowest BCUT2D eigenvalue weighted by molar-refractivity contribution is -0.130. The molecule has 0 bridgehead atoms.